The lowest BCUT2D eigenvalue weighted by Gasteiger charge is -2.38. The van der Waals surface area contributed by atoms with E-state index < -0.39 is 0 Å². The molecular formula is C9H19NO. The highest BCUT2D eigenvalue weighted by atomic mass is 16.5. The van der Waals surface area contributed by atoms with Gasteiger partial charge in [0.05, 0.1) is 5.60 Å². The average molecular weight is 157 g/mol. The second kappa shape index (κ2) is 3.55. The highest BCUT2D eigenvalue weighted by Crippen LogP contribution is 2.25. The Balaban J connectivity index is 2.41. The molecule has 0 radical (unpaired) electrons. The first kappa shape index (κ1) is 9.01. The molecular weight excluding hydrogens is 138 g/mol. The second-order valence-electron chi connectivity index (χ2n) is 3.66. The summed E-state index contributed by atoms with van der Waals surface area (Å²) in [7, 11) is 0. The molecule has 0 aromatic rings. The van der Waals surface area contributed by atoms with Gasteiger partial charge in [-0.2, -0.15) is 0 Å². The first-order valence-electron chi connectivity index (χ1n) is 4.57. The van der Waals surface area contributed by atoms with Gasteiger partial charge >= 0.3 is 0 Å². The molecule has 0 aliphatic carbocycles. The van der Waals surface area contributed by atoms with Crippen LogP contribution in [-0.2, 0) is 4.74 Å². The molecule has 1 fully saturated rings. The van der Waals surface area contributed by atoms with Crippen molar-refractivity contribution < 1.29 is 4.74 Å². The van der Waals surface area contributed by atoms with E-state index in [0.29, 0.717) is 0 Å². The van der Waals surface area contributed by atoms with Crippen LogP contribution in [0.15, 0.2) is 0 Å². The fraction of sp³-hybridized carbons (Fsp3) is 1.00. The van der Waals surface area contributed by atoms with Crippen LogP contribution in [0.3, 0.4) is 0 Å². The van der Waals surface area contributed by atoms with E-state index in [4.69, 9.17) is 4.74 Å². The minimum Gasteiger partial charge on any atom is -0.357 e. The lowest BCUT2D eigenvalue weighted by Crippen LogP contribution is -2.47. The van der Waals surface area contributed by atoms with Crippen molar-refractivity contribution in [3.63, 3.8) is 0 Å². The van der Waals surface area contributed by atoms with Crippen LogP contribution >= 0.6 is 0 Å². The third-order valence-electron chi connectivity index (χ3n) is 2.33. The van der Waals surface area contributed by atoms with Crippen molar-refractivity contribution in [2.75, 3.05) is 6.54 Å². The van der Waals surface area contributed by atoms with Gasteiger partial charge in [-0.3, -0.25) is 5.32 Å². The normalized spacial score (nSPS) is 39.0. The van der Waals surface area contributed by atoms with E-state index in [1.54, 1.807) is 0 Å². The highest BCUT2D eigenvalue weighted by molar-refractivity contribution is 4.80. The van der Waals surface area contributed by atoms with Crippen molar-refractivity contribution in [3.05, 3.63) is 0 Å². The minimum atomic E-state index is 0.138. The summed E-state index contributed by atoms with van der Waals surface area (Å²) in [6, 6.07) is 0. The molecule has 0 aromatic carbocycles. The summed E-state index contributed by atoms with van der Waals surface area (Å²) in [5, 5.41) is 3.27. The van der Waals surface area contributed by atoms with E-state index in [2.05, 4.69) is 26.1 Å². The van der Waals surface area contributed by atoms with Crippen LogP contribution in [0, 0.1) is 0 Å². The molecule has 0 bridgehead atoms. The fourth-order valence-electron chi connectivity index (χ4n) is 1.78. The van der Waals surface area contributed by atoms with Crippen LogP contribution in [0.4, 0.5) is 0 Å². The van der Waals surface area contributed by atoms with Crippen molar-refractivity contribution in [2.45, 2.75) is 51.9 Å². The van der Waals surface area contributed by atoms with Gasteiger partial charge in [-0.05, 0) is 26.7 Å². The first-order chi connectivity index (χ1) is 5.16. The van der Waals surface area contributed by atoms with E-state index in [0.717, 1.165) is 13.0 Å². The Hall–Kier alpha value is -0.0800. The number of hydrogen-bond donors (Lipinski definition) is 1. The predicted octanol–water partition coefficient (Wildman–Crippen LogP) is 1.90. The molecule has 2 atom stereocenters. The van der Waals surface area contributed by atoms with Crippen LogP contribution in [0.2, 0.25) is 0 Å². The summed E-state index contributed by atoms with van der Waals surface area (Å²) >= 11 is 0. The molecule has 0 saturated carbocycles. The van der Waals surface area contributed by atoms with Crippen LogP contribution in [0.25, 0.3) is 0 Å². The van der Waals surface area contributed by atoms with Crippen molar-refractivity contribution in [1.29, 1.82) is 0 Å². The third-order valence-corrected chi connectivity index (χ3v) is 2.33. The summed E-state index contributed by atoms with van der Waals surface area (Å²) in [5.74, 6) is 0. The number of nitrogens with one attached hydrogen (secondary N) is 1. The second-order valence-corrected chi connectivity index (χ2v) is 3.66. The van der Waals surface area contributed by atoms with Crippen LogP contribution in [0.1, 0.15) is 40.0 Å². The van der Waals surface area contributed by atoms with Gasteiger partial charge in [0, 0.05) is 6.54 Å². The molecule has 0 spiro atoms. The van der Waals surface area contributed by atoms with E-state index >= 15 is 0 Å². The molecule has 0 aromatic heterocycles. The fourth-order valence-corrected chi connectivity index (χ4v) is 1.78. The van der Waals surface area contributed by atoms with E-state index in [-0.39, 0.29) is 11.8 Å². The maximum atomic E-state index is 5.80. The van der Waals surface area contributed by atoms with Crippen molar-refractivity contribution in [2.24, 2.45) is 0 Å². The topological polar surface area (TPSA) is 21.3 Å². The zero-order chi connectivity index (χ0) is 8.32. The summed E-state index contributed by atoms with van der Waals surface area (Å²) in [6.45, 7) is 7.60. The summed E-state index contributed by atoms with van der Waals surface area (Å²) < 4.78 is 5.80. The van der Waals surface area contributed by atoms with Crippen molar-refractivity contribution in [3.8, 4) is 0 Å². The van der Waals surface area contributed by atoms with E-state index in [9.17, 15) is 0 Å². The first-order valence-corrected chi connectivity index (χ1v) is 4.57. The smallest absolute Gasteiger partial charge is 0.106 e. The lowest BCUT2D eigenvalue weighted by molar-refractivity contribution is -0.122. The number of rotatable bonds is 2. The summed E-state index contributed by atoms with van der Waals surface area (Å²) in [6.07, 6.45) is 3.77. The van der Waals surface area contributed by atoms with Crippen molar-refractivity contribution >= 4 is 0 Å². The summed E-state index contributed by atoms with van der Waals surface area (Å²) in [4.78, 5) is 0. The highest BCUT2D eigenvalue weighted by Gasteiger charge is 2.29. The number of ether oxygens (including phenoxy) is 1. The van der Waals surface area contributed by atoms with Gasteiger partial charge in [-0.15, -0.1) is 0 Å². The predicted molar refractivity (Wildman–Crippen MR) is 46.5 cm³/mol. The molecule has 1 heterocycles. The van der Waals surface area contributed by atoms with Crippen LogP contribution in [-0.4, -0.2) is 18.4 Å². The molecule has 1 N–H and O–H groups in total. The van der Waals surface area contributed by atoms with Gasteiger partial charge in [0.1, 0.15) is 6.23 Å². The molecule has 2 nitrogen and oxygen atoms in total. The molecule has 1 saturated heterocycles. The Bertz CT molecular complexity index is 123. The average Bonchev–Trinajstić information content (AvgIpc) is 1.86. The van der Waals surface area contributed by atoms with E-state index in [1.807, 2.05) is 0 Å². The Morgan fingerprint density at radius 2 is 2.36 bits per heavy atom. The minimum absolute atomic E-state index is 0.138. The zero-order valence-corrected chi connectivity index (χ0v) is 7.81. The molecule has 2 unspecified atom stereocenters. The maximum absolute atomic E-state index is 5.80. The van der Waals surface area contributed by atoms with Crippen LogP contribution < -0.4 is 5.32 Å². The Morgan fingerprint density at radius 1 is 1.64 bits per heavy atom. The van der Waals surface area contributed by atoms with Crippen molar-refractivity contribution in [1.82, 2.24) is 5.32 Å². The number of hydrogen-bond acceptors (Lipinski definition) is 2. The maximum Gasteiger partial charge on any atom is 0.106 e. The van der Waals surface area contributed by atoms with Gasteiger partial charge in [0.25, 0.3) is 0 Å². The van der Waals surface area contributed by atoms with Gasteiger partial charge in [0.15, 0.2) is 0 Å². The van der Waals surface area contributed by atoms with Crippen LogP contribution in [0.5, 0.6) is 0 Å². The molecule has 1 aliphatic heterocycles. The molecule has 1 rings (SSSR count). The Labute approximate surface area is 69.3 Å². The third kappa shape index (κ3) is 2.46. The molecule has 0 amide bonds. The Morgan fingerprint density at radius 3 is 2.91 bits per heavy atom. The standard InChI is InChI=1S/C9H19NO/c1-4-5-9(3)6-7-10-8(2)11-9/h8,10H,4-7H2,1-3H3. The molecule has 11 heavy (non-hydrogen) atoms. The zero-order valence-electron chi connectivity index (χ0n) is 7.81. The molecule has 2 heteroatoms. The Kier molecular flexibility index (Phi) is 2.90. The van der Waals surface area contributed by atoms with Gasteiger partial charge < -0.3 is 4.74 Å². The molecule has 1 aliphatic rings. The monoisotopic (exact) mass is 157 g/mol. The SMILES string of the molecule is CCCC1(C)CCNC(C)O1. The lowest BCUT2D eigenvalue weighted by atomic mass is 9.95. The quantitative estimate of drug-likeness (QED) is 0.661. The molecule has 66 valence electrons. The summed E-state index contributed by atoms with van der Waals surface area (Å²) in [5.41, 5.74) is 0.138. The van der Waals surface area contributed by atoms with E-state index in [1.165, 1.54) is 12.8 Å². The van der Waals surface area contributed by atoms with Gasteiger partial charge in [0.2, 0.25) is 0 Å². The van der Waals surface area contributed by atoms with Gasteiger partial charge in [-0.1, -0.05) is 13.3 Å². The largest absolute Gasteiger partial charge is 0.357 e. The van der Waals surface area contributed by atoms with Gasteiger partial charge in [-0.25, -0.2) is 0 Å².